The molecule has 5 heteroatoms. The van der Waals surface area contributed by atoms with Gasteiger partial charge in [0.1, 0.15) is 12.4 Å². The lowest BCUT2D eigenvalue weighted by Crippen LogP contribution is -2.30. The number of amides is 1. The lowest BCUT2D eigenvalue weighted by Gasteiger charge is -2.14. The van der Waals surface area contributed by atoms with Crippen LogP contribution in [0.25, 0.3) is 0 Å². The van der Waals surface area contributed by atoms with Crippen molar-refractivity contribution in [2.24, 2.45) is 0 Å². The van der Waals surface area contributed by atoms with Crippen molar-refractivity contribution in [3.63, 3.8) is 0 Å². The Labute approximate surface area is 124 Å². The van der Waals surface area contributed by atoms with Crippen LogP contribution in [-0.2, 0) is 11.3 Å². The van der Waals surface area contributed by atoms with Gasteiger partial charge < -0.3 is 5.32 Å². The van der Waals surface area contributed by atoms with Gasteiger partial charge in [-0.05, 0) is 36.1 Å². The van der Waals surface area contributed by atoms with Crippen molar-refractivity contribution in [1.29, 1.82) is 0 Å². The van der Waals surface area contributed by atoms with Gasteiger partial charge in [-0.15, -0.1) is 0 Å². The van der Waals surface area contributed by atoms with Crippen molar-refractivity contribution >= 4 is 5.91 Å². The fourth-order valence-corrected chi connectivity index (χ4v) is 2.03. The Bertz CT molecular complexity index is 604. The minimum Gasteiger partial charge on any atom is -0.348 e. The maximum atomic E-state index is 12.9. The van der Waals surface area contributed by atoms with Gasteiger partial charge in [0, 0.05) is 6.20 Å². The molecule has 0 spiro atoms. The van der Waals surface area contributed by atoms with Crippen molar-refractivity contribution < 1.29 is 9.18 Å². The Morgan fingerprint density at radius 2 is 1.90 bits per heavy atom. The number of hydrogen-bond acceptors (Lipinski definition) is 2. The smallest absolute Gasteiger partial charge is 0.242 e. The minimum absolute atomic E-state index is 0.120. The SMILES string of the molecule is CC(C)c1cnn(CC(=O)NC(C)c2ccc(F)cc2)c1. The minimum atomic E-state index is -0.282. The van der Waals surface area contributed by atoms with Crippen LogP contribution in [0, 0.1) is 5.82 Å². The number of nitrogens with one attached hydrogen (secondary N) is 1. The van der Waals surface area contributed by atoms with Crippen LogP contribution in [0.1, 0.15) is 43.9 Å². The Balaban J connectivity index is 1.93. The molecule has 1 amide bonds. The molecule has 0 aliphatic carbocycles. The molecule has 1 N–H and O–H groups in total. The number of benzene rings is 1. The van der Waals surface area contributed by atoms with Gasteiger partial charge in [0.15, 0.2) is 0 Å². The highest BCUT2D eigenvalue weighted by Crippen LogP contribution is 2.14. The molecule has 1 unspecified atom stereocenters. The molecular formula is C16H20FN3O. The molecule has 2 aromatic rings. The molecule has 0 bridgehead atoms. The first-order valence-electron chi connectivity index (χ1n) is 7.03. The number of carbonyl (C=O) groups is 1. The van der Waals surface area contributed by atoms with Crippen molar-refractivity contribution in [3.8, 4) is 0 Å². The third-order valence-electron chi connectivity index (χ3n) is 3.37. The molecule has 0 saturated heterocycles. The predicted octanol–water partition coefficient (Wildman–Crippen LogP) is 3.02. The molecule has 0 fully saturated rings. The zero-order valence-electron chi connectivity index (χ0n) is 12.5. The molecule has 0 aliphatic rings. The Morgan fingerprint density at radius 3 is 2.48 bits per heavy atom. The van der Waals surface area contributed by atoms with E-state index in [4.69, 9.17) is 0 Å². The number of aromatic nitrogens is 2. The molecule has 1 atom stereocenters. The van der Waals surface area contributed by atoms with E-state index in [9.17, 15) is 9.18 Å². The summed E-state index contributed by atoms with van der Waals surface area (Å²) >= 11 is 0. The van der Waals surface area contributed by atoms with Crippen LogP contribution in [-0.4, -0.2) is 15.7 Å². The summed E-state index contributed by atoms with van der Waals surface area (Å²) in [6.07, 6.45) is 3.66. The predicted molar refractivity (Wildman–Crippen MR) is 79.3 cm³/mol. The van der Waals surface area contributed by atoms with Gasteiger partial charge in [0.05, 0.1) is 12.2 Å². The fourth-order valence-electron chi connectivity index (χ4n) is 2.03. The van der Waals surface area contributed by atoms with E-state index in [1.807, 2.05) is 13.1 Å². The second kappa shape index (κ2) is 6.52. The highest BCUT2D eigenvalue weighted by atomic mass is 19.1. The van der Waals surface area contributed by atoms with Gasteiger partial charge >= 0.3 is 0 Å². The molecule has 4 nitrogen and oxygen atoms in total. The summed E-state index contributed by atoms with van der Waals surface area (Å²) in [5.41, 5.74) is 1.97. The van der Waals surface area contributed by atoms with Crippen LogP contribution < -0.4 is 5.32 Å². The molecule has 1 heterocycles. The van der Waals surface area contributed by atoms with E-state index in [2.05, 4.69) is 24.3 Å². The maximum Gasteiger partial charge on any atom is 0.242 e. The maximum absolute atomic E-state index is 12.9. The molecule has 1 aromatic heterocycles. The zero-order chi connectivity index (χ0) is 15.4. The Hall–Kier alpha value is -2.17. The van der Waals surface area contributed by atoms with Crippen molar-refractivity contribution in [2.75, 3.05) is 0 Å². The number of carbonyl (C=O) groups excluding carboxylic acids is 1. The summed E-state index contributed by atoms with van der Waals surface area (Å²) in [6, 6.07) is 5.95. The van der Waals surface area contributed by atoms with Gasteiger partial charge in [-0.2, -0.15) is 5.10 Å². The van der Waals surface area contributed by atoms with Crippen molar-refractivity contribution in [3.05, 3.63) is 53.6 Å². The highest BCUT2D eigenvalue weighted by molar-refractivity contribution is 5.76. The third-order valence-corrected chi connectivity index (χ3v) is 3.37. The summed E-state index contributed by atoms with van der Waals surface area (Å²) in [5, 5.41) is 7.06. The number of rotatable bonds is 5. The van der Waals surface area contributed by atoms with Gasteiger partial charge in [-0.1, -0.05) is 26.0 Å². The van der Waals surface area contributed by atoms with Gasteiger partial charge in [-0.3, -0.25) is 9.48 Å². The molecule has 1 aromatic carbocycles. The Morgan fingerprint density at radius 1 is 1.24 bits per heavy atom. The lowest BCUT2D eigenvalue weighted by molar-refractivity contribution is -0.122. The van der Waals surface area contributed by atoms with E-state index < -0.39 is 0 Å². The van der Waals surface area contributed by atoms with Crippen LogP contribution >= 0.6 is 0 Å². The average Bonchev–Trinajstić information content (AvgIpc) is 2.87. The standard InChI is InChI=1S/C16H20FN3O/c1-11(2)14-8-18-20(9-14)10-16(21)19-12(3)13-4-6-15(17)7-5-13/h4-9,11-12H,10H2,1-3H3,(H,19,21). The van der Waals surface area contributed by atoms with E-state index >= 15 is 0 Å². The molecular weight excluding hydrogens is 269 g/mol. The fraction of sp³-hybridized carbons (Fsp3) is 0.375. The van der Waals surface area contributed by atoms with E-state index in [-0.39, 0.29) is 24.3 Å². The second-order valence-corrected chi connectivity index (χ2v) is 5.47. The zero-order valence-corrected chi connectivity index (χ0v) is 12.5. The normalized spacial score (nSPS) is 12.4. The summed E-state index contributed by atoms with van der Waals surface area (Å²) in [4.78, 5) is 12.0. The second-order valence-electron chi connectivity index (χ2n) is 5.47. The monoisotopic (exact) mass is 289 g/mol. The first-order valence-corrected chi connectivity index (χ1v) is 7.03. The molecule has 21 heavy (non-hydrogen) atoms. The molecule has 0 aliphatic heterocycles. The quantitative estimate of drug-likeness (QED) is 0.919. The number of halogens is 1. The lowest BCUT2D eigenvalue weighted by atomic mass is 10.1. The molecule has 2 rings (SSSR count). The van der Waals surface area contributed by atoms with Crippen LogP contribution in [0.5, 0.6) is 0 Å². The van der Waals surface area contributed by atoms with E-state index in [0.717, 1.165) is 11.1 Å². The average molecular weight is 289 g/mol. The van der Waals surface area contributed by atoms with Crippen LogP contribution in [0.3, 0.4) is 0 Å². The van der Waals surface area contributed by atoms with E-state index in [1.165, 1.54) is 12.1 Å². The molecule has 112 valence electrons. The first kappa shape index (κ1) is 15.2. The number of hydrogen-bond donors (Lipinski definition) is 1. The molecule has 0 saturated carbocycles. The largest absolute Gasteiger partial charge is 0.348 e. The van der Waals surface area contributed by atoms with Crippen molar-refractivity contribution in [2.45, 2.75) is 39.3 Å². The van der Waals surface area contributed by atoms with Gasteiger partial charge in [-0.25, -0.2) is 4.39 Å². The van der Waals surface area contributed by atoms with E-state index in [0.29, 0.717) is 5.92 Å². The summed E-state index contributed by atoms with van der Waals surface area (Å²) < 4.78 is 14.5. The third kappa shape index (κ3) is 4.15. The Kier molecular flexibility index (Phi) is 4.73. The van der Waals surface area contributed by atoms with Crippen molar-refractivity contribution in [1.82, 2.24) is 15.1 Å². The summed E-state index contributed by atoms with van der Waals surface area (Å²) in [6.45, 7) is 6.21. The molecule has 0 radical (unpaired) electrons. The summed E-state index contributed by atoms with van der Waals surface area (Å²) in [5.74, 6) is -0.0137. The van der Waals surface area contributed by atoms with Crippen LogP contribution in [0.2, 0.25) is 0 Å². The van der Waals surface area contributed by atoms with Gasteiger partial charge in [0.25, 0.3) is 0 Å². The summed E-state index contributed by atoms with van der Waals surface area (Å²) in [7, 11) is 0. The highest BCUT2D eigenvalue weighted by Gasteiger charge is 2.11. The van der Waals surface area contributed by atoms with Crippen LogP contribution in [0.4, 0.5) is 4.39 Å². The van der Waals surface area contributed by atoms with E-state index in [1.54, 1.807) is 23.0 Å². The van der Waals surface area contributed by atoms with Crippen LogP contribution in [0.15, 0.2) is 36.7 Å². The first-order chi connectivity index (χ1) is 9.95. The topological polar surface area (TPSA) is 46.9 Å². The van der Waals surface area contributed by atoms with Gasteiger partial charge in [0.2, 0.25) is 5.91 Å². The number of nitrogens with zero attached hydrogens (tertiary/aromatic N) is 2.